The van der Waals surface area contributed by atoms with Crippen LogP contribution in [-0.2, 0) is 6.54 Å². The molecule has 0 saturated carbocycles. The Morgan fingerprint density at radius 1 is 1.00 bits per heavy atom. The second-order valence-electron chi connectivity index (χ2n) is 5.95. The van der Waals surface area contributed by atoms with Gasteiger partial charge in [-0.05, 0) is 29.8 Å². The van der Waals surface area contributed by atoms with Crippen LogP contribution in [0.1, 0.15) is 21.5 Å². The van der Waals surface area contributed by atoms with Gasteiger partial charge in [0.2, 0.25) is 0 Å². The third-order valence-electron chi connectivity index (χ3n) is 4.18. The Kier molecular flexibility index (Phi) is 4.51. The summed E-state index contributed by atoms with van der Waals surface area (Å²) in [4.78, 5) is 28.4. The van der Waals surface area contributed by atoms with Crippen molar-refractivity contribution in [3.05, 3.63) is 92.1 Å². The van der Waals surface area contributed by atoms with Crippen molar-refractivity contribution in [3.8, 4) is 0 Å². The van der Waals surface area contributed by atoms with Gasteiger partial charge in [-0.25, -0.2) is 10.1 Å². The zero-order valence-electron chi connectivity index (χ0n) is 13.8. The molecule has 0 unspecified atom stereocenters. The molecule has 0 atom stereocenters. The van der Waals surface area contributed by atoms with Crippen molar-refractivity contribution in [1.29, 1.82) is 0 Å². The number of H-pyrrole nitrogens is 1. The Bertz CT molecular complexity index is 1200. The lowest BCUT2D eigenvalue weighted by Crippen LogP contribution is -2.09. The van der Waals surface area contributed by atoms with Gasteiger partial charge in [0.15, 0.2) is 16.5 Å². The number of halogens is 2. The number of aromatic nitrogens is 4. The molecule has 0 aliphatic carbocycles. The number of hydrogen-bond acceptors (Lipinski definition) is 4. The van der Waals surface area contributed by atoms with Crippen LogP contribution in [0.4, 0.5) is 0 Å². The lowest BCUT2D eigenvalue weighted by Gasteiger charge is -2.07. The number of nitrogens with zero attached hydrogens (tertiary/aromatic N) is 3. The van der Waals surface area contributed by atoms with Gasteiger partial charge in [0.25, 0.3) is 5.56 Å². The maximum Gasteiger partial charge on any atom is 0.292 e. The summed E-state index contributed by atoms with van der Waals surface area (Å²) in [5.41, 5.74) is 2.40. The van der Waals surface area contributed by atoms with Gasteiger partial charge in [-0.1, -0.05) is 47.5 Å². The summed E-state index contributed by atoms with van der Waals surface area (Å²) in [6.07, 6.45) is 1.54. The summed E-state index contributed by atoms with van der Waals surface area (Å²) in [7, 11) is 0. The molecule has 0 fully saturated rings. The van der Waals surface area contributed by atoms with Gasteiger partial charge >= 0.3 is 0 Å². The van der Waals surface area contributed by atoms with Crippen molar-refractivity contribution in [3.63, 3.8) is 0 Å². The Morgan fingerprint density at radius 2 is 1.63 bits per heavy atom. The van der Waals surface area contributed by atoms with Crippen LogP contribution in [0.5, 0.6) is 0 Å². The van der Waals surface area contributed by atoms with Crippen LogP contribution in [0.3, 0.4) is 0 Å². The molecular formula is C19H12Cl2N4O2. The van der Waals surface area contributed by atoms with E-state index in [-0.39, 0.29) is 16.5 Å². The largest absolute Gasteiger partial charge is 0.323 e. The van der Waals surface area contributed by atoms with E-state index in [1.165, 1.54) is 0 Å². The van der Waals surface area contributed by atoms with E-state index in [9.17, 15) is 9.59 Å². The van der Waals surface area contributed by atoms with Crippen molar-refractivity contribution < 1.29 is 4.79 Å². The minimum Gasteiger partial charge on any atom is -0.323 e. The lowest BCUT2D eigenvalue weighted by molar-refractivity contribution is 0.103. The number of carbonyl (C=O) groups excluding carboxylic acids is 1. The van der Waals surface area contributed by atoms with Crippen LogP contribution < -0.4 is 5.56 Å². The fourth-order valence-corrected chi connectivity index (χ4v) is 3.18. The average molecular weight is 399 g/mol. The minimum atomic E-state index is -0.392. The normalized spacial score (nSPS) is 11.0. The fourth-order valence-electron chi connectivity index (χ4n) is 2.82. The Labute approximate surface area is 163 Å². The van der Waals surface area contributed by atoms with Crippen molar-refractivity contribution in [2.24, 2.45) is 0 Å². The van der Waals surface area contributed by atoms with Crippen molar-refractivity contribution in [1.82, 2.24) is 19.7 Å². The number of rotatable bonds is 4. The van der Waals surface area contributed by atoms with Crippen molar-refractivity contribution in [2.45, 2.75) is 6.54 Å². The number of hydrogen-bond donors (Lipinski definition) is 1. The molecule has 0 spiro atoms. The molecule has 0 saturated heterocycles. The van der Waals surface area contributed by atoms with Gasteiger partial charge in [0, 0.05) is 22.7 Å². The summed E-state index contributed by atoms with van der Waals surface area (Å²) in [6.45, 7) is 0.441. The topological polar surface area (TPSA) is 80.6 Å². The highest BCUT2D eigenvalue weighted by Crippen LogP contribution is 2.19. The van der Waals surface area contributed by atoms with E-state index in [1.807, 2.05) is 12.1 Å². The van der Waals surface area contributed by atoms with E-state index < -0.39 is 5.56 Å². The molecule has 2 aromatic carbocycles. The first-order chi connectivity index (χ1) is 13.0. The second kappa shape index (κ2) is 6.98. The minimum absolute atomic E-state index is 0.0786. The molecule has 2 aromatic heterocycles. The van der Waals surface area contributed by atoms with E-state index in [0.29, 0.717) is 28.2 Å². The Balaban J connectivity index is 1.60. The zero-order valence-corrected chi connectivity index (χ0v) is 15.3. The summed E-state index contributed by atoms with van der Waals surface area (Å²) >= 11 is 12.0. The number of imidazole rings is 1. The van der Waals surface area contributed by atoms with Crippen molar-refractivity contribution in [2.75, 3.05) is 0 Å². The monoisotopic (exact) mass is 398 g/mol. The first-order valence-electron chi connectivity index (χ1n) is 8.01. The first kappa shape index (κ1) is 17.5. The molecule has 0 amide bonds. The van der Waals surface area contributed by atoms with Gasteiger partial charge in [-0.3, -0.25) is 9.59 Å². The maximum atomic E-state index is 12.5. The molecule has 27 heavy (non-hydrogen) atoms. The Morgan fingerprint density at radius 3 is 2.30 bits per heavy atom. The molecule has 4 rings (SSSR count). The molecule has 6 nitrogen and oxygen atoms in total. The quantitative estimate of drug-likeness (QED) is 0.531. The van der Waals surface area contributed by atoms with Gasteiger partial charge in [-0.2, -0.15) is 5.10 Å². The smallest absolute Gasteiger partial charge is 0.292 e. The molecular weight excluding hydrogens is 387 g/mol. The Hall–Kier alpha value is -2.96. The number of aromatic amines is 1. The molecule has 0 radical (unpaired) electrons. The molecule has 0 aliphatic rings. The highest BCUT2D eigenvalue weighted by Gasteiger charge is 2.13. The third kappa shape index (κ3) is 3.37. The van der Waals surface area contributed by atoms with Crippen LogP contribution in [0, 0.1) is 0 Å². The van der Waals surface area contributed by atoms with Crippen LogP contribution in [0.2, 0.25) is 10.2 Å². The van der Waals surface area contributed by atoms with Gasteiger partial charge in [-0.15, -0.1) is 0 Å². The fraction of sp³-hybridized carbons (Fsp3) is 0.0526. The number of nitrogens with one attached hydrogen (secondary N) is 1. The van der Waals surface area contributed by atoms with Gasteiger partial charge < -0.3 is 4.57 Å². The van der Waals surface area contributed by atoms with Crippen LogP contribution in [0.15, 0.2) is 59.7 Å². The summed E-state index contributed by atoms with van der Waals surface area (Å²) in [5.74, 6) is -0.0786. The second-order valence-corrected chi connectivity index (χ2v) is 6.74. The predicted octanol–water partition coefficient (Wildman–Crippen LogP) is 3.71. The molecule has 134 valence electrons. The zero-order chi connectivity index (χ0) is 19.0. The molecule has 1 N–H and O–H groups in total. The number of carbonyl (C=O) groups is 1. The lowest BCUT2D eigenvalue weighted by atomic mass is 10.0. The standard InChI is InChI=1S/C19H12Cl2N4O2/c20-14-7-5-13(6-8-14)17(26)12-3-1-11(2-4-12)9-25-10-22-15-16(25)18(21)23-24-19(15)27/h1-8,10H,9H2,(H,24,27). The molecule has 2 heterocycles. The number of fused-ring (bicyclic) bond motifs is 1. The third-order valence-corrected chi connectivity index (χ3v) is 4.69. The van der Waals surface area contributed by atoms with Gasteiger partial charge in [0.1, 0.15) is 5.52 Å². The summed E-state index contributed by atoms with van der Waals surface area (Å²) in [6, 6.07) is 14.0. The highest BCUT2D eigenvalue weighted by atomic mass is 35.5. The van der Waals surface area contributed by atoms with E-state index >= 15 is 0 Å². The van der Waals surface area contributed by atoms with Crippen LogP contribution >= 0.6 is 23.2 Å². The number of ketones is 1. The summed E-state index contributed by atoms with van der Waals surface area (Å²) in [5, 5.41) is 6.83. The molecule has 0 bridgehead atoms. The molecule has 0 aliphatic heterocycles. The molecule has 4 aromatic rings. The predicted molar refractivity (Wildman–Crippen MR) is 104 cm³/mol. The highest BCUT2D eigenvalue weighted by molar-refractivity contribution is 6.33. The average Bonchev–Trinajstić information content (AvgIpc) is 3.10. The van der Waals surface area contributed by atoms with E-state index in [4.69, 9.17) is 23.2 Å². The van der Waals surface area contributed by atoms with Crippen LogP contribution in [0.25, 0.3) is 11.0 Å². The number of benzene rings is 2. The van der Waals surface area contributed by atoms with E-state index in [1.54, 1.807) is 47.3 Å². The molecule has 8 heteroatoms. The first-order valence-corrected chi connectivity index (χ1v) is 8.77. The van der Waals surface area contributed by atoms with E-state index in [0.717, 1.165) is 5.56 Å². The maximum absolute atomic E-state index is 12.5. The van der Waals surface area contributed by atoms with Crippen molar-refractivity contribution >= 4 is 40.0 Å². The van der Waals surface area contributed by atoms with Crippen LogP contribution in [-0.4, -0.2) is 25.5 Å². The summed E-state index contributed by atoms with van der Waals surface area (Å²) < 4.78 is 1.75. The SMILES string of the molecule is O=C(c1ccc(Cl)cc1)c1ccc(Cn2cnc3c(=O)[nH]nc(Cl)c32)cc1. The van der Waals surface area contributed by atoms with E-state index in [2.05, 4.69) is 15.2 Å². The van der Waals surface area contributed by atoms with Gasteiger partial charge in [0.05, 0.1) is 6.33 Å².